The first-order valence-electron chi connectivity index (χ1n) is 7.56. The predicted octanol–water partition coefficient (Wildman–Crippen LogP) is 1.08. The van der Waals surface area contributed by atoms with Crippen LogP contribution in [-0.2, 0) is 21.8 Å². The standard InChI is InChI=1S/C10H23N.2C3H9S.K/c1-2-3-4-5-6-7-8-9-10-11;2*1-4(2)3;/h2-11H2,1H3;2*1-3H3;/q;3*+1. The number of hydrogen-bond acceptors (Lipinski definition) is 1. The first-order chi connectivity index (χ1) is 8.88. The van der Waals surface area contributed by atoms with E-state index in [-0.39, 0.29) is 51.4 Å². The molecular formula is C16H41KNS2+3. The van der Waals surface area contributed by atoms with Crippen LogP contribution in [0.5, 0.6) is 0 Å². The molecule has 0 aromatic carbocycles. The molecule has 0 spiro atoms. The van der Waals surface area contributed by atoms with Crippen molar-refractivity contribution in [1.29, 1.82) is 0 Å². The van der Waals surface area contributed by atoms with Gasteiger partial charge in [-0.05, 0) is 34.8 Å². The van der Waals surface area contributed by atoms with Crippen molar-refractivity contribution >= 4 is 21.8 Å². The molecule has 0 amide bonds. The Bertz CT molecular complexity index is 114. The zero-order chi connectivity index (χ0) is 15.5. The Kier molecular flexibility index (Phi) is 44.3. The molecule has 0 aromatic rings. The van der Waals surface area contributed by atoms with Crippen LogP contribution in [-0.4, -0.2) is 44.1 Å². The van der Waals surface area contributed by atoms with E-state index in [9.17, 15) is 0 Å². The van der Waals surface area contributed by atoms with Crippen LogP contribution in [0.3, 0.4) is 0 Å². The van der Waals surface area contributed by atoms with Crippen LogP contribution in [0.1, 0.15) is 58.3 Å². The van der Waals surface area contributed by atoms with Gasteiger partial charge in [-0.2, -0.15) is 0 Å². The minimum atomic E-state index is 0. The average molecular weight is 351 g/mol. The van der Waals surface area contributed by atoms with Crippen LogP contribution in [0.25, 0.3) is 0 Å². The van der Waals surface area contributed by atoms with E-state index in [0.717, 1.165) is 6.54 Å². The van der Waals surface area contributed by atoms with Crippen molar-refractivity contribution in [2.45, 2.75) is 58.3 Å². The van der Waals surface area contributed by atoms with Crippen molar-refractivity contribution in [2.24, 2.45) is 5.73 Å². The number of nitrogens with two attached hydrogens (primary N) is 1. The molecular weight excluding hydrogens is 309 g/mol. The zero-order valence-corrected chi connectivity index (χ0v) is 20.5. The second kappa shape index (κ2) is 29.3. The fraction of sp³-hybridized carbons (Fsp3) is 1.00. The minimum Gasteiger partial charge on any atom is -0.330 e. The van der Waals surface area contributed by atoms with Gasteiger partial charge in [0.1, 0.15) is 0 Å². The monoisotopic (exact) mass is 350 g/mol. The number of hydrogen-bond donors (Lipinski definition) is 1. The average Bonchev–Trinajstić information content (AvgIpc) is 2.26. The quantitative estimate of drug-likeness (QED) is 0.396. The molecule has 0 bridgehead atoms. The topological polar surface area (TPSA) is 26.0 Å². The van der Waals surface area contributed by atoms with Gasteiger partial charge in [0.05, 0.1) is 37.5 Å². The molecule has 0 aliphatic heterocycles. The summed E-state index contributed by atoms with van der Waals surface area (Å²) in [6.07, 6.45) is 24.1. The molecule has 120 valence electrons. The van der Waals surface area contributed by atoms with Gasteiger partial charge in [-0.25, -0.2) is 0 Å². The van der Waals surface area contributed by atoms with Crippen molar-refractivity contribution in [2.75, 3.05) is 44.1 Å². The van der Waals surface area contributed by atoms with Crippen LogP contribution < -0.4 is 57.1 Å². The van der Waals surface area contributed by atoms with E-state index in [1.165, 1.54) is 51.4 Å². The smallest absolute Gasteiger partial charge is 0.330 e. The maximum Gasteiger partial charge on any atom is 1.00 e. The summed E-state index contributed by atoms with van der Waals surface area (Å²) < 4.78 is 0. The molecule has 0 heterocycles. The van der Waals surface area contributed by atoms with E-state index < -0.39 is 0 Å². The van der Waals surface area contributed by atoms with Gasteiger partial charge in [0.2, 0.25) is 0 Å². The van der Waals surface area contributed by atoms with Gasteiger partial charge in [-0.1, -0.05) is 51.9 Å². The first kappa shape index (κ1) is 30.2. The van der Waals surface area contributed by atoms with Crippen molar-refractivity contribution in [3.05, 3.63) is 0 Å². The Morgan fingerprint density at radius 2 is 0.850 bits per heavy atom. The van der Waals surface area contributed by atoms with Crippen LogP contribution in [0.15, 0.2) is 0 Å². The molecule has 0 aliphatic carbocycles. The third kappa shape index (κ3) is 71.3. The predicted molar refractivity (Wildman–Crippen MR) is 102 cm³/mol. The molecule has 1 nitrogen and oxygen atoms in total. The second-order valence-corrected chi connectivity index (χ2v) is 10.6. The molecule has 20 heavy (non-hydrogen) atoms. The molecule has 0 saturated heterocycles. The molecule has 0 rings (SSSR count). The van der Waals surface area contributed by atoms with Gasteiger partial charge in [0.25, 0.3) is 0 Å². The summed E-state index contributed by atoms with van der Waals surface area (Å²) in [4.78, 5) is 0. The maximum atomic E-state index is 5.39. The van der Waals surface area contributed by atoms with Gasteiger partial charge in [0, 0.05) is 0 Å². The largest absolute Gasteiger partial charge is 1.00 e. The molecule has 0 saturated carbocycles. The number of unbranched alkanes of at least 4 members (excludes halogenated alkanes) is 7. The Morgan fingerprint density at radius 1 is 0.600 bits per heavy atom. The third-order valence-electron chi connectivity index (χ3n) is 2.06. The number of rotatable bonds is 8. The van der Waals surface area contributed by atoms with Crippen LogP contribution in [0.4, 0.5) is 0 Å². The molecule has 0 radical (unpaired) electrons. The van der Waals surface area contributed by atoms with Crippen LogP contribution in [0, 0.1) is 0 Å². The summed E-state index contributed by atoms with van der Waals surface area (Å²) in [6, 6.07) is 0. The fourth-order valence-corrected chi connectivity index (χ4v) is 1.28. The summed E-state index contributed by atoms with van der Waals surface area (Å²) in [6.45, 7) is 3.13. The van der Waals surface area contributed by atoms with E-state index in [0.29, 0.717) is 21.8 Å². The van der Waals surface area contributed by atoms with Crippen LogP contribution in [0.2, 0.25) is 0 Å². The van der Waals surface area contributed by atoms with E-state index in [1.807, 2.05) is 0 Å². The summed E-state index contributed by atoms with van der Waals surface area (Å²) >= 11 is 0. The Morgan fingerprint density at radius 3 is 1.10 bits per heavy atom. The maximum absolute atomic E-state index is 5.39. The molecule has 2 N–H and O–H groups in total. The third-order valence-corrected chi connectivity index (χ3v) is 2.06. The Balaban J connectivity index is -0.000000119. The van der Waals surface area contributed by atoms with Gasteiger partial charge in [-0.15, -0.1) is 0 Å². The van der Waals surface area contributed by atoms with Gasteiger partial charge >= 0.3 is 51.4 Å². The Hall–Kier alpha value is 2.30. The summed E-state index contributed by atoms with van der Waals surface area (Å²) in [5, 5.41) is 0. The molecule has 0 unspecified atom stereocenters. The molecule has 4 heteroatoms. The van der Waals surface area contributed by atoms with E-state index in [1.54, 1.807) is 0 Å². The van der Waals surface area contributed by atoms with Crippen LogP contribution >= 0.6 is 0 Å². The van der Waals surface area contributed by atoms with Gasteiger partial charge in [0.15, 0.2) is 0 Å². The molecule has 0 aromatic heterocycles. The summed E-state index contributed by atoms with van der Waals surface area (Å²) in [5.41, 5.74) is 5.39. The van der Waals surface area contributed by atoms with Crippen molar-refractivity contribution < 1.29 is 51.4 Å². The summed E-state index contributed by atoms with van der Waals surface area (Å²) in [7, 11) is 1.28. The molecule has 0 fully saturated rings. The van der Waals surface area contributed by atoms with Crippen molar-refractivity contribution in [1.82, 2.24) is 0 Å². The SMILES string of the molecule is CCCCCCCCCCN.C[S+](C)C.C[S+](C)C.[K+]. The summed E-state index contributed by atoms with van der Waals surface area (Å²) in [5.74, 6) is 0. The fourth-order valence-electron chi connectivity index (χ4n) is 1.28. The van der Waals surface area contributed by atoms with E-state index in [4.69, 9.17) is 5.73 Å². The zero-order valence-electron chi connectivity index (χ0n) is 15.8. The van der Waals surface area contributed by atoms with Gasteiger partial charge in [-0.3, -0.25) is 0 Å². The normalized spacial score (nSPS) is 9.30. The van der Waals surface area contributed by atoms with E-state index >= 15 is 0 Å². The van der Waals surface area contributed by atoms with Crippen molar-refractivity contribution in [3.8, 4) is 0 Å². The second-order valence-electron chi connectivity index (χ2n) is 5.71. The molecule has 0 aliphatic rings. The first-order valence-corrected chi connectivity index (χ1v) is 12.5. The minimum absolute atomic E-state index is 0. The Labute approximate surface area is 179 Å². The van der Waals surface area contributed by atoms with Crippen molar-refractivity contribution in [3.63, 3.8) is 0 Å². The van der Waals surface area contributed by atoms with E-state index in [2.05, 4.69) is 44.5 Å². The van der Waals surface area contributed by atoms with Gasteiger partial charge < -0.3 is 5.73 Å². The molecule has 0 atom stereocenters.